The summed E-state index contributed by atoms with van der Waals surface area (Å²) < 4.78 is 0. The minimum Gasteiger partial charge on any atom is -0.341 e. The highest BCUT2D eigenvalue weighted by Crippen LogP contribution is 2.44. The van der Waals surface area contributed by atoms with Crippen LogP contribution in [0.2, 0.25) is 10.0 Å². The third-order valence-electron chi connectivity index (χ3n) is 3.27. The number of anilines is 1. The second-order valence-electron chi connectivity index (χ2n) is 4.77. The van der Waals surface area contributed by atoms with Gasteiger partial charge < -0.3 is 10.2 Å². The summed E-state index contributed by atoms with van der Waals surface area (Å²) >= 11 is 12.4. The van der Waals surface area contributed by atoms with Crippen molar-refractivity contribution in [2.24, 2.45) is 0 Å². The number of hydrogen-bond donors (Lipinski definition) is 1. The number of carbonyl (C=O) groups is 2. The maximum Gasteiger partial charge on any atom is 0.254 e. The normalized spacial score (nSPS) is 17.3. The molecule has 1 N–H and O–H groups in total. The fraction of sp³-hybridized carbons (Fsp3) is 0.429. The first-order valence-corrected chi connectivity index (χ1v) is 7.29. The van der Waals surface area contributed by atoms with Crippen LogP contribution in [0.4, 0.5) is 5.69 Å². The maximum absolute atomic E-state index is 12.5. The van der Waals surface area contributed by atoms with Crippen molar-refractivity contribution in [3.05, 3.63) is 27.7 Å². The number of nitrogens with one attached hydrogen (secondary N) is 1. The number of fused-ring (bicyclic) bond motifs is 1. The summed E-state index contributed by atoms with van der Waals surface area (Å²) in [5.41, 5.74) is 1.21. The van der Waals surface area contributed by atoms with Crippen molar-refractivity contribution in [2.45, 2.75) is 32.7 Å². The van der Waals surface area contributed by atoms with E-state index >= 15 is 0 Å². The fourth-order valence-electron chi connectivity index (χ4n) is 2.37. The molecular weight excluding hydrogens is 299 g/mol. The quantitative estimate of drug-likeness (QED) is 0.926. The summed E-state index contributed by atoms with van der Waals surface area (Å²) in [6.45, 7) is 3.99. The van der Waals surface area contributed by atoms with E-state index in [2.05, 4.69) is 5.32 Å². The molecule has 4 nitrogen and oxygen atoms in total. The molecule has 0 spiro atoms. The SMILES string of the molecule is CCCCN1C(=O)[C@@H](NC(C)=O)c2c(Cl)ccc(Cl)c21. The number of halogens is 2. The van der Waals surface area contributed by atoms with Gasteiger partial charge >= 0.3 is 0 Å². The molecule has 108 valence electrons. The standard InChI is InChI=1S/C14H16Cl2N2O2/c1-3-4-7-18-13-10(16)6-5-9(15)11(13)12(14(18)20)17-8(2)19/h5-6,12H,3-4,7H2,1-2H3,(H,17,19)/t12-/m0/s1. The molecule has 0 aliphatic carbocycles. The first kappa shape index (κ1) is 15.1. The molecule has 0 bridgehead atoms. The molecule has 1 aliphatic heterocycles. The van der Waals surface area contributed by atoms with Gasteiger partial charge in [0.25, 0.3) is 5.91 Å². The van der Waals surface area contributed by atoms with Crippen LogP contribution < -0.4 is 10.2 Å². The van der Waals surface area contributed by atoms with Crippen molar-refractivity contribution in [2.75, 3.05) is 11.4 Å². The zero-order chi connectivity index (χ0) is 14.9. The third kappa shape index (κ3) is 2.63. The monoisotopic (exact) mass is 314 g/mol. The van der Waals surface area contributed by atoms with Crippen molar-refractivity contribution in [3.8, 4) is 0 Å². The van der Waals surface area contributed by atoms with E-state index in [0.717, 1.165) is 12.8 Å². The summed E-state index contributed by atoms with van der Waals surface area (Å²) in [6, 6.07) is 2.57. The molecule has 0 saturated carbocycles. The van der Waals surface area contributed by atoms with Gasteiger partial charge in [-0.3, -0.25) is 9.59 Å². The molecule has 2 amide bonds. The Bertz CT molecular complexity index is 560. The third-order valence-corrected chi connectivity index (χ3v) is 3.90. The number of rotatable bonds is 4. The molecule has 2 rings (SSSR count). The van der Waals surface area contributed by atoms with Gasteiger partial charge in [0.15, 0.2) is 0 Å². The smallest absolute Gasteiger partial charge is 0.254 e. The maximum atomic E-state index is 12.5. The molecule has 0 fully saturated rings. The first-order valence-electron chi connectivity index (χ1n) is 6.53. The first-order chi connectivity index (χ1) is 9.47. The van der Waals surface area contributed by atoms with Crippen LogP contribution in [0.5, 0.6) is 0 Å². The Morgan fingerprint density at radius 1 is 1.35 bits per heavy atom. The van der Waals surface area contributed by atoms with E-state index in [1.54, 1.807) is 17.0 Å². The second kappa shape index (κ2) is 6.02. The number of unbranched alkanes of at least 4 members (excludes halogenated alkanes) is 1. The summed E-state index contributed by atoms with van der Waals surface area (Å²) in [4.78, 5) is 25.4. The van der Waals surface area contributed by atoms with Gasteiger partial charge in [0.1, 0.15) is 6.04 Å². The van der Waals surface area contributed by atoms with Crippen molar-refractivity contribution in [1.82, 2.24) is 5.32 Å². The lowest BCUT2D eigenvalue weighted by Crippen LogP contribution is -2.37. The van der Waals surface area contributed by atoms with Gasteiger partial charge in [-0.2, -0.15) is 0 Å². The molecule has 0 aromatic heterocycles. The molecule has 20 heavy (non-hydrogen) atoms. The van der Waals surface area contributed by atoms with Gasteiger partial charge in [0, 0.05) is 24.1 Å². The Balaban J connectivity index is 2.49. The van der Waals surface area contributed by atoms with Crippen molar-refractivity contribution >= 4 is 40.7 Å². The Hall–Kier alpha value is -1.26. The Morgan fingerprint density at radius 2 is 2.00 bits per heavy atom. The van der Waals surface area contributed by atoms with Crippen LogP contribution in [-0.4, -0.2) is 18.4 Å². The van der Waals surface area contributed by atoms with Crippen LogP contribution in [-0.2, 0) is 9.59 Å². The average Bonchev–Trinajstić information content (AvgIpc) is 2.66. The minimum absolute atomic E-state index is 0.182. The Labute approximate surface area is 128 Å². The largest absolute Gasteiger partial charge is 0.341 e. The lowest BCUT2D eigenvalue weighted by molar-refractivity contribution is -0.126. The molecule has 1 heterocycles. The molecular formula is C14H16Cl2N2O2. The number of carbonyl (C=O) groups excluding carboxylic acids is 2. The van der Waals surface area contributed by atoms with E-state index in [0.29, 0.717) is 27.8 Å². The molecule has 0 radical (unpaired) electrons. The van der Waals surface area contributed by atoms with Crippen LogP contribution in [0, 0.1) is 0 Å². The van der Waals surface area contributed by atoms with Crippen LogP contribution in [0.15, 0.2) is 12.1 Å². The van der Waals surface area contributed by atoms with Crippen LogP contribution >= 0.6 is 23.2 Å². The lowest BCUT2D eigenvalue weighted by atomic mass is 10.1. The Kier molecular flexibility index (Phi) is 4.55. The van der Waals surface area contributed by atoms with Crippen molar-refractivity contribution < 1.29 is 9.59 Å². The van der Waals surface area contributed by atoms with Gasteiger partial charge in [-0.15, -0.1) is 0 Å². The molecule has 1 aromatic carbocycles. The van der Waals surface area contributed by atoms with Gasteiger partial charge in [-0.25, -0.2) is 0 Å². The summed E-state index contributed by atoms with van der Waals surface area (Å²) in [6.07, 6.45) is 1.82. The summed E-state index contributed by atoms with van der Waals surface area (Å²) in [7, 11) is 0. The molecule has 1 aromatic rings. The van der Waals surface area contributed by atoms with E-state index in [-0.39, 0.29) is 11.8 Å². The lowest BCUT2D eigenvalue weighted by Gasteiger charge is -2.18. The van der Waals surface area contributed by atoms with Gasteiger partial charge in [0.2, 0.25) is 5.91 Å². The van der Waals surface area contributed by atoms with E-state index in [1.165, 1.54) is 6.92 Å². The Morgan fingerprint density at radius 3 is 2.60 bits per heavy atom. The summed E-state index contributed by atoms with van der Waals surface area (Å²) in [5.74, 6) is -0.457. The molecule has 0 unspecified atom stereocenters. The minimum atomic E-state index is -0.745. The highest BCUT2D eigenvalue weighted by molar-refractivity contribution is 6.38. The molecule has 6 heteroatoms. The van der Waals surface area contributed by atoms with Crippen LogP contribution in [0.3, 0.4) is 0 Å². The van der Waals surface area contributed by atoms with E-state index in [4.69, 9.17) is 23.2 Å². The average molecular weight is 315 g/mol. The number of amides is 2. The van der Waals surface area contributed by atoms with Crippen LogP contribution in [0.25, 0.3) is 0 Å². The van der Waals surface area contributed by atoms with Gasteiger partial charge in [0.05, 0.1) is 10.7 Å². The van der Waals surface area contributed by atoms with Crippen molar-refractivity contribution in [1.29, 1.82) is 0 Å². The second-order valence-corrected chi connectivity index (χ2v) is 5.58. The van der Waals surface area contributed by atoms with E-state index < -0.39 is 6.04 Å². The molecule has 1 atom stereocenters. The number of benzene rings is 1. The van der Waals surface area contributed by atoms with Gasteiger partial charge in [-0.1, -0.05) is 36.5 Å². The van der Waals surface area contributed by atoms with Crippen molar-refractivity contribution in [3.63, 3.8) is 0 Å². The highest BCUT2D eigenvalue weighted by Gasteiger charge is 2.40. The number of hydrogen-bond acceptors (Lipinski definition) is 2. The predicted molar refractivity (Wildman–Crippen MR) is 80.3 cm³/mol. The number of nitrogens with zero attached hydrogens (tertiary/aromatic N) is 1. The topological polar surface area (TPSA) is 49.4 Å². The van der Waals surface area contributed by atoms with Gasteiger partial charge in [-0.05, 0) is 18.6 Å². The van der Waals surface area contributed by atoms with E-state index in [1.807, 2.05) is 6.92 Å². The molecule has 0 saturated heterocycles. The zero-order valence-electron chi connectivity index (χ0n) is 11.4. The van der Waals surface area contributed by atoms with Crippen LogP contribution in [0.1, 0.15) is 38.3 Å². The highest BCUT2D eigenvalue weighted by atomic mass is 35.5. The molecule has 1 aliphatic rings. The predicted octanol–water partition coefficient (Wildman–Crippen LogP) is 3.32. The van der Waals surface area contributed by atoms with E-state index in [9.17, 15) is 9.59 Å². The zero-order valence-corrected chi connectivity index (χ0v) is 12.9. The summed E-state index contributed by atoms with van der Waals surface area (Å²) in [5, 5.41) is 3.56. The fourth-order valence-corrected chi connectivity index (χ4v) is 2.90.